The Kier molecular flexibility index (Phi) is 8.80. The van der Waals surface area contributed by atoms with Crippen molar-refractivity contribution in [3.63, 3.8) is 0 Å². The van der Waals surface area contributed by atoms with Gasteiger partial charge in [0.05, 0.1) is 0 Å². The lowest BCUT2D eigenvalue weighted by atomic mass is 10.7. The summed E-state index contributed by atoms with van der Waals surface area (Å²) in [6.45, 7) is 3.96. The number of carboxylic acid groups (broad SMARTS) is 1. The predicted molar refractivity (Wildman–Crippen MR) is 37.8 cm³/mol. The minimum Gasteiger partial charge on any atom is -0.481 e. The Morgan fingerprint density at radius 3 is 1.45 bits per heavy atom. The number of carboxylic acids is 1. The van der Waals surface area contributed by atoms with E-state index in [1.165, 1.54) is 13.8 Å². The average molecular weight is 166 g/mol. The van der Waals surface area contributed by atoms with Crippen LogP contribution in [0.5, 0.6) is 0 Å². The third-order valence-corrected chi connectivity index (χ3v) is 0.394. The molecule has 68 valence electrons. The zero-order chi connectivity index (χ0) is 9.44. The molecule has 0 saturated heterocycles. The first-order valence-electron chi connectivity index (χ1n) is 3.07. The smallest absolute Gasteiger partial charge is 0.300 e. The number of aliphatic carboxylic acids is 1. The largest absolute Gasteiger partial charge is 0.481 e. The lowest BCUT2D eigenvalue weighted by Gasteiger charge is -2.07. The van der Waals surface area contributed by atoms with Gasteiger partial charge in [-0.15, -0.1) is 0 Å². The Hall–Kier alpha value is -0.650. The van der Waals surface area contributed by atoms with Gasteiger partial charge in [0.15, 0.2) is 12.6 Å². The van der Waals surface area contributed by atoms with E-state index in [0.29, 0.717) is 0 Å². The molecule has 2 unspecified atom stereocenters. The molecular formula is C6H14O5. The normalized spacial score (nSPS) is 14.3. The third-order valence-electron chi connectivity index (χ3n) is 0.394. The Balaban J connectivity index is 0. The summed E-state index contributed by atoms with van der Waals surface area (Å²) in [5.74, 6) is -0.833. The molecule has 0 aromatic carbocycles. The molecule has 0 aliphatic carbocycles. The van der Waals surface area contributed by atoms with Gasteiger partial charge in [0, 0.05) is 6.92 Å². The highest BCUT2D eigenvalue weighted by Gasteiger charge is 1.97. The van der Waals surface area contributed by atoms with Crippen molar-refractivity contribution < 1.29 is 24.9 Å². The number of carbonyl (C=O) groups is 1. The Morgan fingerprint density at radius 2 is 1.45 bits per heavy atom. The molecule has 0 aliphatic heterocycles. The molecule has 0 bridgehead atoms. The van der Waals surface area contributed by atoms with E-state index in [9.17, 15) is 0 Å². The van der Waals surface area contributed by atoms with E-state index in [0.717, 1.165) is 6.92 Å². The lowest BCUT2D eigenvalue weighted by molar-refractivity contribution is -0.190. The SMILES string of the molecule is CC(=O)O.CC(O)OC(C)O. The lowest BCUT2D eigenvalue weighted by Crippen LogP contribution is -2.14. The summed E-state index contributed by atoms with van der Waals surface area (Å²) in [5, 5.41) is 24.1. The topological polar surface area (TPSA) is 87.0 Å². The summed E-state index contributed by atoms with van der Waals surface area (Å²) >= 11 is 0. The maximum Gasteiger partial charge on any atom is 0.300 e. The first-order chi connectivity index (χ1) is 4.86. The predicted octanol–water partition coefficient (Wildman–Crippen LogP) is -0.229. The zero-order valence-electron chi connectivity index (χ0n) is 6.81. The maximum atomic E-state index is 9.00. The maximum absolute atomic E-state index is 9.00. The van der Waals surface area contributed by atoms with Gasteiger partial charge in [0.1, 0.15) is 0 Å². The molecule has 0 aromatic rings. The van der Waals surface area contributed by atoms with Crippen LogP contribution in [-0.2, 0) is 9.53 Å². The van der Waals surface area contributed by atoms with Gasteiger partial charge in [-0.2, -0.15) is 0 Å². The van der Waals surface area contributed by atoms with Gasteiger partial charge in [-0.25, -0.2) is 0 Å². The molecule has 0 saturated carbocycles. The van der Waals surface area contributed by atoms with Crippen LogP contribution >= 0.6 is 0 Å². The van der Waals surface area contributed by atoms with Crippen LogP contribution in [0.15, 0.2) is 0 Å². The molecule has 5 nitrogen and oxygen atoms in total. The average Bonchev–Trinajstić information content (AvgIpc) is 1.56. The fraction of sp³-hybridized carbons (Fsp3) is 0.833. The van der Waals surface area contributed by atoms with E-state index in [1.54, 1.807) is 0 Å². The van der Waals surface area contributed by atoms with Crippen molar-refractivity contribution in [3.8, 4) is 0 Å². The number of rotatable bonds is 2. The quantitative estimate of drug-likeness (QED) is 0.493. The van der Waals surface area contributed by atoms with Crippen LogP contribution in [0.25, 0.3) is 0 Å². The van der Waals surface area contributed by atoms with Gasteiger partial charge >= 0.3 is 0 Å². The van der Waals surface area contributed by atoms with Crippen molar-refractivity contribution in [1.29, 1.82) is 0 Å². The molecule has 0 radical (unpaired) electrons. The second-order valence-corrected chi connectivity index (χ2v) is 1.85. The van der Waals surface area contributed by atoms with Crippen molar-refractivity contribution in [2.75, 3.05) is 0 Å². The fourth-order valence-electron chi connectivity index (χ4n) is 0.285. The number of ether oxygens (including phenoxy) is 1. The summed E-state index contributed by atoms with van der Waals surface area (Å²) in [4.78, 5) is 9.00. The number of aliphatic hydroxyl groups excluding tert-OH is 2. The van der Waals surface area contributed by atoms with E-state index < -0.39 is 18.5 Å². The first-order valence-corrected chi connectivity index (χ1v) is 3.07. The molecule has 0 spiro atoms. The van der Waals surface area contributed by atoms with Gasteiger partial charge in [0.25, 0.3) is 5.97 Å². The highest BCUT2D eigenvalue weighted by atomic mass is 16.7. The number of hydrogen-bond donors (Lipinski definition) is 3. The minimum atomic E-state index is -0.875. The second kappa shape index (κ2) is 7.46. The van der Waals surface area contributed by atoms with Crippen LogP contribution in [0.1, 0.15) is 20.8 Å². The zero-order valence-corrected chi connectivity index (χ0v) is 6.81. The van der Waals surface area contributed by atoms with Gasteiger partial charge in [-0.3, -0.25) is 4.79 Å². The molecule has 0 heterocycles. The summed E-state index contributed by atoms with van der Waals surface area (Å²) in [7, 11) is 0. The van der Waals surface area contributed by atoms with E-state index in [4.69, 9.17) is 20.1 Å². The highest BCUT2D eigenvalue weighted by molar-refractivity contribution is 5.62. The molecule has 0 fully saturated rings. The molecule has 0 aromatic heterocycles. The number of hydrogen-bond acceptors (Lipinski definition) is 4. The van der Waals surface area contributed by atoms with Crippen LogP contribution in [0, 0.1) is 0 Å². The Morgan fingerprint density at radius 1 is 1.27 bits per heavy atom. The minimum absolute atomic E-state index is 0.833. The molecule has 5 heteroatoms. The molecule has 11 heavy (non-hydrogen) atoms. The van der Waals surface area contributed by atoms with Crippen LogP contribution in [0.4, 0.5) is 0 Å². The van der Waals surface area contributed by atoms with E-state index in [2.05, 4.69) is 4.74 Å². The monoisotopic (exact) mass is 166 g/mol. The van der Waals surface area contributed by atoms with Crippen molar-refractivity contribution >= 4 is 5.97 Å². The highest BCUT2D eigenvalue weighted by Crippen LogP contribution is 1.87. The van der Waals surface area contributed by atoms with Crippen LogP contribution in [-0.4, -0.2) is 33.9 Å². The van der Waals surface area contributed by atoms with Gasteiger partial charge < -0.3 is 20.1 Å². The Labute approximate surface area is 65.2 Å². The molecular weight excluding hydrogens is 152 g/mol. The fourth-order valence-corrected chi connectivity index (χ4v) is 0.285. The van der Waals surface area contributed by atoms with E-state index >= 15 is 0 Å². The summed E-state index contributed by atoms with van der Waals surface area (Å²) in [5.41, 5.74) is 0. The summed E-state index contributed by atoms with van der Waals surface area (Å²) in [6.07, 6.45) is -1.75. The van der Waals surface area contributed by atoms with Crippen molar-refractivity contribution in [1.82, 2.24) is 0 Å². The third kappa shape index (κ3) is 45.0. The summed E-state index contributed by atoms with van der Waals surface area (Å²) in [6, 6.07) is 0. The molecule has 3 N–H and O–H groups in total. The van der Waals surface area contributed by atoms with Crippen LogP contribution < -0.4 is 0 Å². The van der Waals surface area contributed by atoms with Gasteiger partial charge in [-0.05, 0) is 13.8 Å². The van der Waals surface area contributed by atoms with Crippen LogP contribution in [0.2, 0.25) is 0 Å². The van der Waals surface area contributed by atoms with E-state index in [-0.39, 0.29) is 0 Å². The Bertz CT molecular complexity index is 89.1. The van der Waals surface area contributed by atoms with Crippen molar-refractivity contribution in [2.45, 2.75) is 33.4 Å². The molecule has 0 rings (SSSR count). The van der Waals surface area contributed by atoms with E-state index in [1.807, 2.05) is 0 Å². The molecule has 2 atom stereocenters. The first kappa shape index (κ1) is 13.0. The number of aliphatic hydroxyl groups is 2. The van der Waals surface area contributed by atoms with Crippen molar-refractivity contribution in [3.05, 3.63) is 0 Å². The van der Waals surface area contributed by atoms with Gasteiger partial charge in [0.2, 0.25) is 0 Å². The van der Waals surface area contributed by atoms with Crippen molar-refractivity contribution in [2.24, 2.45) is 0 Å². The summed E-state index contributed by atoms with van der Waals surface area (Å²) < 4.78 is 4.36. The second-order valence-electron chi connectivity index (χ2n) is 1.85. The van der Waals surface area contributed by atoms with Gasteiger partial charge in [-0.1, -0.05) is 0 Å². The standard InChI is InChI=1S/C4H10O3.C2H4O2/c1-3(5)7-4(2)6;1-2(3)4/h3-6H,1-2H3;1H3,(H,3,4). The molecule has 0 aliphatic rings. The van der Waals surface area contributed by atoms with Crippen LogP contribution in [0.3, 0.4) is 0 Å². The molecule has 0 amide bonds.